The standard InChI is InChI=1S/C17H21NO/c1-11-6-5-7-16(18)15(11)10-19-17-9-13(3)12(2)8-14(17)4/h5-9H,10,18H2,1-4H3. The maximum atomic E-state index is 6.00. The van der Waals surface area contributed by atoms with Crippen LogP contribution >= 0.6 is 0 Å². The van der Waals surface area contributed by atoms with E-state index >= 15 is 0 Å². The maximum Gasteiger partial charge on any atom is 0.123 e. The molecule has 0 spiro atoms. The van der Waals surface area contributed by atoms with E-state index in [9.17, 15) is 0 Å². The van der Waals surface area contributed by atoms with Crippen molar-refractivity contribution in [1.29, 1.82) is 0 Å². The van der Waals surface area contributed by atoms with Crippen LogP contribution in [-0.2, 0) is 6.61 Å². The summed E-state index contributed by atoms with van der Waals surface area (Å²) in [5.74, 6) is 0.936. The quantitative estimate of drug-likeness (QED) is 0.839. The van der Waals surface area contributed by atoms with Crippen molar-refractivity contribution in [1.82, 2.24) is 0 Å². The summed E-state index contributed by atoms with van der Waals surface area (Å²) in [6, 6.07) is 10.2. The number of benzene rings is 2. The molecule has 2 N–H and O–H groups in total. The molecule has 2 aromatic rings. The highest BCUT2D eigenvalue weighted by Crippen LogP contribution is 2.25. The molecule has 0 saturated carbocycles. The smallest absolute Gasteiger partial charge is 0.123 e. The maximum absolute atomic E-state index is 6.00. The lowest BCUT2D eigenvalue weighted by Crippen LogP contribution is -2.03. The number of nitrogen functional groups attached to an aromatic ring is 1. The molecule has 2 rings (SSSR count). The summed E-state index contributed by atoms with van der Waals surface area (Å²) in [5, 5.41) is 0. The van der Waals surface area contributed by atoms with Crippen LogP contribution in [0.3, 0.4) is 0 Å². The summed E-state index contributed by atoms with van der Waals surface area (Å²) in [6.07, 6.45) is 0. The van der Waals surface area contributed by atoms with E-state index in [0.29, 0.717) is 6.61 Å². The van der Waals surface area contributed by atoms with Crippen LogP contribution in [0.15, 0.2) is 30.3 Å². The minimum Gasteiger partial charge on any atom is -0.489 e. The van der Waals surface area contributed by atoms with Gasteiger partial charge in [0.05, 0.1) is 0 Å². The average Bonchev–Trinajstić information content (AvgIpc) is 2.34. The van der Waals surface area contributed by atoms with E-state index in [-0.39, 0.29) is 0 Å². The second-order valence-corrected chi connectivity index (χ2v) is 5.13. The monoisotopic (exact) mass is 255 g/mol. The van der Waals surface area contributed by atoms with Crippen molar-refractivity contribution in [2.45, 2.75) is 34.3 Å². The van der Waals surface area contributed by atoms with Gasteiger partial charge in [-0.3, -0.25) is 0 Å². The zero-order valence-corrected chi connectivity index (χ0v) is 12.1. The molecule has 0 unspecified atom stereocenters. The van der Waals surface area contributed by atoms with E-state index in [0.717, 1.165) is 22.6 Å². The fourth-order valence-electron chi connectivity index (χ4n) is 2.16. The molecule has 2 heteroatoms. The third-order valence-corrected chi connectivity index (χ3v) is 3.61. The van der Waals surface area contributed by atoms with Crippen LogP contribution in [0.1, 0.15) is 27.8 Å². The molecular weight excluding hydrogens is 234 g/mol. The van der Waals surface area contributed by atoms with Crippen molar-refractivity contribution < 1.29 is 4.74 Å². The summed E-state index contributed by atoms with van der Waals surface area (Å²) in [6.45, 7) is 8.86. The van der Waals surface area contributed by atoms with Crippen molar-refractivity contribution >= 4 is 5.69 Å². The molecule has 0 saturated heterocycles. The Bertz CT molecular complexity index is 582. The molecule has 0 heterocycles. The van der Waals surface area contributed by atoms with Gasteiger partial charge < -0.3 is 10.5 Å². The highest BCUT2D eigenvalue weighted by molar-refractivity contribution is 5.50. The highest BCUT2D eigenvalue weighted by atomic mass is 16.5. The third kappa shape index (κ3) is 2.90. The van der Waals surface area contributed by atoms with Crippen LogP contribution in [0.5, 0.6) is 5.75 Å². The van der Waals surface area contributed by atoms with E-state index in [1.165, 1.54) is 16.7 Å². The van der Waals surface area contributed by atoms with Crippen LogP contribution in [0.4, 0.5) is 5.69 Å². The van der Waals surface area contributed by atoms with Crippen LogP contribution in [0, 0.1) is 27.7 Å². The summed E-state index contributed by atoms with van der Waals surface area (Å²) >= 11 is 0. The molecule has 0 aliphatic heterocycles. The molecule has 100 valence electrons. The molecule has 0 amide bonds. The minimum atomic E-state index is 0.516. The van der Waals surface area contributed by atoms with Gasteiger partial charge in [-0.15, -0.1) is 0 Å². The van der Waals surface area contributed by atoms with Gasteiger partial charge in [-0.2, -0.15) is 0 Å². The highest BCUT2D eigenvalue weighted by Gasteiger charge is 2.07. The van der Waals surface area contributed by atoms with Crippen molar-refractivity contribution in [2.24, 2.45) is 0 Å². The first-order chi connectivity index (χ1) is 8.99. The van der Waals surface area contributed by atoms with E-state index in [4.69, 9.17) is 10.5 Å². The van der Waals surface area contributed by atoms with E-state index in [1.807, 2.05) is 12.1 Å². The Morgan fingerprint density at radius 2 is 1.58 bits per heavy atom. The molecule has 0 aliphatic carbocycles. The lowest BCUT2D eigenvalue weighted by Gasteiger charge is -2.14. The second-order valence-electron chi connectivity index (χ2n) is 5.13. The molecule has 0 aromatic heterocycles. The van der Waals surface area contributed by atoms with E-state index in [1.54, 1.807) is 0 Å². The van der Waals surface area contributed by atoms with Crippen LogP contribution < -0.4 is 10.5 Å². The Hall–Kier alpha value is -1.96. The topological polar surface area (TPSA) is 35.2 Å². The molecule has 0 radical (unpaired) electrons. The predicted octanol–water partition coefficient (Wildman–Crippen LogP) is 4.08. The van der Waals surface area contributed by atoms with Gasteiger partial charge >= 0.3 is 0 Å². The lowest BCUT2D eigenvalue weighted by atomic mass is 10.1. The van der Waals surface area contributed by atoms with Crippen LogP contribution in [0.25, 0.3) is 0 Å². The largest absolute Gasteiger partial charge is 0.489 e. The Morgan fingerprint density at radius 3 is 2.26 bits per heavy atom. The summed E-state index contributed by atoms with van der Waals surface area (Å²) < 4.78 is 5.94. The molecule has 0 fully saturated rings. The van der Waals surface area contributed by atoms with Gasteiger partial charge in [0.2, 0.25) is 0 Å². The number of hydrogen-bond donors (Lipinski definition) is 1. The van der Waals surface area contributed by atoms with Gasteiger partial charge in [0.1, 0.15) is 12.4 Å². The SMILES string of the molecule is Cc1cc(C)c(OCc2c(C)cccc2N)cc1C. The van der Waals surface area contributed by atoms with Crippen LogP contribution in [-0.4, -0.2) is 0 Å². The van der Waals surface area contributed by atoms with Gasteiger partial charge in [0.15, 0.2) is 0 Å². The van der Waals surface area contributed by atoms with Crippen molar-refractivity contribution in [2.75, 3.05) is 5.73 Å². The van der Waals surface area contributed by atoms with Gasteiger partial charge in [-0.1, -0.05) is 18.2 Å². The number of ether oxygens (including phenoxy) is 1. The van der Waals surface area contributed by atoms with Crippen molar-refractivity contribution in [3.63, 3.8) is 0 Å². The summed E-state index contributed by atoms with van der Waals surface area (Å²) in [5.41, 5.74) is 12.7. The van der Waals surface area contributed by atoms with Gasteiger partial charge in [0.25, 0.3) is 0 Å². The van der Waals surface area contributed by atoms with Crippen LogP contribution in [0.2, 0.25) is 0 Å². The van der Waals surface area contributed by atoms with Gasteiger partial charge in [0, 0.05) is 11.3 Å². The van der Waals surface area contributed by atoms with Gasteiger partial charge in [-0.05, 0) is 62.1 Å². The number of nitrogens with two attached hydrogens (primary N) is 1. The van der Waals surface area contributed by atoms with E-state index < -0.39 is 0 Å². The van der Waals surface area contributed by atoms with Crippen molar-refractivity contribution in [3.8, 4) is 5.75 Å². The molecule has 0 bridgehead atoms. The predicted molar refractivity (Wildman–Crippen MR) is 80.6 cm³/mol. The van der Waals surface area contributed by atoms with Crippen molar-refractivity contribution in [3.05, 3.63) is 58.1 Å². The number of anilines is 1. The first-order valence-corrected chi connectivity index (χ1v) is 6.53. The molecular formula is C17H21NO. The summed E-state index contributed by atoms with van der Waals surface area (Å²) in [4.78, 5) is 0. The third-order valence-electron chi connectivity index (χ3n) is 3.61. The Morgan fingerprint density at radius 1 is 0.895 bits per heavy atom. The van der Waals surface area contributed by atoms with E-state index in [2.05, 4.69) is 45.9 Å². The molecule has 19 heavy (non-hydrogen) atoms. The first kappa shape index (κ1) is 13.5. The number of rotatable bonds is 3. The number of hydrogen-bond acceptors (Lipinski definition) is 2. The molecule has 2 nitrogen and oxygen atoms in total. The first-order valence-electron chi connectivity index (χ1n) is 6.53. The molecule has 2 aromatic carbocycles. The average molecular weight is 255 g/mol. The Kier molecular flexibility index (Phi) is 3.79. The lowest BCUT2D eigenvalue weighted by molar-refractivity contribution is 0.304. The van der Waals surface area contributed by atoms with Gasteiger partial charge in [-0.25, -0.2) is 0 Å². The second kappa shape index (κ2) is 5.35. The minimum absolute atomic E-state index is 0.516. The number of aryl methyl sites for hydroxylation is 4. The fourth-order valence-corrected chi connectivity index (χ4v) is 2.16. The zero-order chi connectivity index (χ0) is 14.0. The fraction of sp³-hybridized carbons (Fsp3) is 0.294. The molecule has 0 aliphatic rings. The molecule has 0 atom stereocenters. The Labute approximate surface area is 115 Å². The summed E-state index contributed by atoms with van der Waals surface area (Å²) in [7, 11) is 0. The normalized spacial score (nSPS) is 10.5. The zero-order valence-electron chi connectivity index (χ0n) is 12.1. The Balaban J connectivity index is 2.22.